The van der Waals surface area contributed by atoms with Crippen LogP contribution in [0.5, 0.6) is 0 Å². The molecule has 0 spiro atoms. The van der Waals surface area contributed by atoms with Gasteiger partial charge >= 0.3 is 17.9 Å². The van der Waals surface area contributed by atoms with E-state index >= 15 is 0 Å². The first-order valence-electron chi connectivity index (χ1n) is 8.97. The Morgan fingerprint density at radius 3 is 1.78 bits per heavy atom. The summed E-state index contributed by atoms with van der Waals surface area (Å²) in [4.78, 5) is 59.0. The largest absolute Gasteiger partial charge is 0.478 e. The Morgan fingerprint density at radius 1 is 0.812 bits per heavy atom. The van der Waals surface area contributed by atoms with Gasteiger partial charge in [0, 0.05) is 12.6 Å². The van der Waals surface area contributed by atoms with Crippen molar-refractivity contribution in [1.29, 1.82) is 0 Å². The predicted molar refractivity (Wildman–Crippen MR) is 113 cm³/mol. The van der Waals surface area contributed by atoms with Crippen molar-refractivity contribution in [2.75, 3.05) is 25.0 Å². The number of esters is 2. The average Bonchev–Trinajstić information content (AvgIpc) is 2.77. The number of carbonyl (C=O) groups is 5. The lowest BCUT2D eigenvalue weighted by Gasteiger charge is -2.09. The van der Waals surface area contributed by atoms with E-state index < -0.39 is 35.3 Å². The minimum atomic E-state index is -1.13. The van der Waals surface area contributed by atoms with Gasteiger partial charge < -0.3 is 19.9 Å². The van der Waals surface area contributed by atoms with E-state index in [1.165, 1.54) is 56.7 Å². The van der Waals surface area contributed by atoms with Crippen molar-refractivity contribution in [1.82, 2.24) is 0 Å². The number of methoxy groups -OCH3 is 2. The topological polar surface area (TPSA) is 160 Å². The number of Topliss-reactive ketones (excluding diaryl/α,β-unsaturated/α-hetero) is 1. The summed E-state index contributed by atoms with van der Waals surface area (Å²) >= 11 is 0. The molecular weight excluding hydrogens is 422 g/mol. The molecule has 0 aromatic heterocycles. The molecule has 0 aliphatic heterocycles. The van der Waals surface area contributed by atoms with Gasteiger partial charge in [0.05, 0.1) is 36.6 Å². The highest BCUT2D eigenvalue weighted by atomic mass is 16.5. The Hall–Kier alpha value is -4.54. The van der Waals surface area contributed by atoms with Crippen LogP contribution < -0.4 is 10.7 Å². The Bertz CT molecular complexity index is 1070. The van der Waals surface area contributed by atoms with Crippen molar-refractivity contribution in [3.8, 4) is 0 Å². The van der Waals surface area contributed by atoms with Crippen LogP contribution in [0.4, 0.5) is 11.4 Å². The number of hydrogen-bond donors (Lipinski definition) is 3. The second-order valence-corrected chi connectivity index (χ2v) is 6.25. The Kier molecular flexibility index (Phi) is 7.77. The maximum atomic E-state index is 12.5. The number of hydrazone groups is 1. The lowest BCUT2D eigenvalue weighted by atomic mass is 10.1. The lowest BCUT2D eigenvalue weighted by molar-refractivity contribution is -0.114. The third-order valence-electron chi connectivity index (χ3n) is 4.01. The Morgan fingerprint density at radius 2 is 1.34 bits per heavy atom. The molecule has 0 heterocycles. The normalized spacial score (nSPS) is 10.7. The van der Waals surface area contributed by atoms with Gasteiger partial charge in [0.25, 0.3) is 5.91 Å². The van der Waals surface area contributed by atoms with Gasteiger partial charge in [0.1, 0.15) is 0 Å². The average molecular weight is 441 g/mol. The number of ketones is 1. The van der Waals surface area contributed by atoms with Crippen LogP contribution in [0.2, 0.25) is 0 Å². The summed E-state index contributed by atoms with van der Waals surface area (Å²) in [6, 6.07) is 9.15. The molecule has 2 rings (SSSR count). The smallest absolute Gasteiger partial charge is 0.337 e. The standard InChI is InChI=1S/C21H19N3O8/c1-11(25)17(18(26)22-15-6-4-12(5-7-15)19(27)28)24-23-16-9-13(20(29)31-2)8-14(10-16)21(30)32-3/h4-10,23H,1-3H3,(H,22,26)(H,27,28)/b24-17-. The van der Waals surface area contributed by atoms with Crippen molar-refractivity contribution in [3.63, 3.8) is 0 Å². The second kappa shape index (κ2) is 10.5. The molecule has 0 aliphatic rings. The summed E-state index contributed by atoms with van der Waals surface area (Å²) < 4.78 is 9.28. The van der Waals surface area contributed by atoms with E-state index in [1.54, 1.807) is 0 Å². The fraction of sp³-hybridized carbons (Fsp3) is 0.143. The molecule has 3 N–H and O–H groups in total. The van der Waals surface area contributed by atoms with E-state index in [9.17, 15) is 24.0 Å². The molecule has 1 amide bonds. The molecule has 32 heavy (non-hydrogen) atoms. The van der Waals surface area contributed by atoms with E-state index in [1.807, 2.05) is 0 Å². The molecule has 0 radical (unpaired) electrons. The molecule has 0 bridgehead atoms. The summed E-state index contributed by atoms with van der Waals surface area (Å²) in [5.74, 6) is -4.10. The van der Waals surface area contributed by atoms with Gasteiger partial charge in [0.2, 0.25) is 0 Å². The number of rotatable bonds is 8. The molecule has 166 valence electrons. The Labute approximate surface area is 182 Å². The van der Waals surface area contributed by atoms with Crippen LogP contribution in [0.25, 0.3) is 0 Å². The number of carbonyl (C=O) groups excluding carboxylic acids is 4. The second-order valence-electron chi connectivity index (χ2n) is 6.25. The van der Waals surface area contributed by atoms with Gasteiger partial charge in [-0.1, -0.05) is 0 Å². The number of aromatic carboxylic acids is 1. The zero-order chi connectivity index (χ0) is 23.8. The van der Waals surface area contributed by atoms with Crippen LogP contribution in [0.15, 0.2) is 47.6 Å². The molecule has 0 fully saturated rings. The molecule has 11 heteroatoms. The fourth-order valence-corrected chi connectivity index (χ4v) is 2.46. The molecule has 2 aromatic carbocycles. The highest BCUT2D eigenvalue weighted by Crippen LogP contribution is 2.17. The van der Waals surface area contributed by atoms with Crippen LogP contribution in [0.3, 0.4) is 0 Å². The number of anilines is 2. The molecule has 0 aliphatic carbocycles. The van der Waals surface area contributed by atoms with Crippen molar-refractivity contribution in [3.05, 3.63) is 59.2 Å². The third-order valence-corrected chi connectivity index (χ3v) is 4.01. The van der Waals surface area contributed by atoms with Gasteiger partial charge in [-0.15, -0.1) is 0 Å². The van der Waals surface area contributed by atoms with Crippen molar-refractivity contribution >= 4 is 46.7 Å². The number of nitrogens with one attached hydrogen (secondary N) is 2. The van der Waals surface area contributed by atoms with Gasteiger partial charge in [-0.3, -0.25) is 15.0 Å². The number of ether oxygens (including phenoxy) is 2. The fourth-order valence-electron chi connectivity index (χ4n) is 2.46. The van der Waals surface area contributed by atoms with Crippen LogP contribution in [0.1, 0.15) is 38.0 Å². The zero-order valence-corrected chi connectivity index (χ0v) is 17.3. The summed E-state index contributed by atoms with van der Waals surface area (Å²) in [5.41, 5.74) is 2.38. The third kappa shape index (κ3) is 5.98. The first-order valence-corrected chi connectivity index (χ1v) is 8.97. The molecule has 0 atom stereocenters. The Balaban J connectivity index is 2.29. The monoisotopic (exact) mass is 441 g/mol. The maximum absolute atomic E-state index is 12.5. The van der Waals surface area contributed by atoms with Gasteiger partial charge in [-0.05, 0) is 42.5 Å². The summed E-state index contributed by atoms with van der Waals surface area (Å²) in [6.07, 6.45) is 0. The minimum Gasteiger partial charge on any atom is -0.478 e. The van der Waals surface area contributed by atoms with Crippen molar-refractivity contribution < 1.29 is 38.6 Å². The van der Waals surface area contributed by atoms with Gasteiger partial charge in [-0.2, -0.15) is 5.10 Å². The van der Waals surface area contributed by atoms with Crippen LogP contribution >= 0.6 is 0 Å². The minimum absolute atomic E-state index is 0.0143. The molecule has 0 saturated carbocycles. The lowest BCUT2D eigenvalue weighted by Crippen LogP contribution is -2.29. The van der Waals surface area contributed by atoms with Crippen LogP contribution in [0, 0.1) is 0 Å². The highest BCUT2D eigenvalue weighted by molar-refractivity contribution is 6.67. The number of carboxylic acids is 1. The van der Waals surface area contributed by atoms with Crippen molar-refractivity contribution in [2.45, 2.75) is 6.92 Å². The van der Waals surface area contributed by atoms with Crippen LogP contribution in [-0.2, 0) is 19.1 Å². The van der Waals surface area contributed by atoms with E-state index in [0.717, 1.165) is 6.92 Å². The molecular formula is C21H19N3O8. The van der Waals surface area contributed by atoms with E-state index in [0.29, 0.717) is 0 Å². The van der Waals surface area contributed by atoms with Gasteiger partial charge in [-0.25, -0.2) is 14.4 Å². The predicted octanol–water partition coefficient (Wildman–Crippen LogP) is 1.95. The highest BCUT2D eigenvalue weighted by Gasteiger charge is 2.18. The summed E-state index contributed by atoms with van der Waals surface area (Å²) in [6.45, 7) is 1.12. The summed E-state index contributed by atoms with van der Waals surface area (Å²) in [5, 5.41) is 15.1. The molecule has 0 saturated heterocycles. The number of hydrogen-bond acceptors (Lipinski definition) is 9. The van der Waals surface area contributed by atoms with E-state index in [2.05, 4.69) is 25.3 Å². The molecule has 2 aromatic rings. The number of amides is 1. The molecule has 11 nitrogen and oxygen atoms in total. The number of carboxylic acid groups (broad SMARTS) is 1. The van der Waals surface area contributed by atoms with E-state index in [-0.39, 0.29) is 28.1 Å². The van der Waals surface area contributed by atoms with Gasteiger partial charge in [0.15, 0.2) is 11.5 Å². The zero-order valence-electron chi connectivity index (χ0n) is 17.3. The SMILES string of the molecule is COC(=O)c1cc(N/N=C(/C(C)=O)C(=O)Nc2ccc(C(=O)O)cc2)cc(C(=O)OC)c1. The van der Waals surface area contributed by atoms with Crippen molar-refractivity contribution in [2.24, 2.45) is 5.10 Å². The number of benzene rings is 2. The van der Waals surface area contributed by atoms with E-state index in [4.69, 9.17) is 5.11 Å². The van der Waals surface area contributed by atoms with Crippen LogP contribution in [-0.4, -0.2) is 54.6 Å². The summed E-state index contributed by atoms with van der Waals surface area (Å²) in [7, 11) is 2.33. The maximum Gasteiger partial charge on any atom is 0.337 e. The number of nitrogens with zero attached hydrogens (tertiary/aromatic N) is 1. The first-order chi connectivity index (χ1) is 15.2. The first kappa shape index (κ1) is 23.7. The molecule has 0 unspecified atom stereocenters. The quantitative estimate of drug-likeness (QED) is 0.241.